The van der Waals surface area contributed by atoms with Gasteiger partial charge in [-0.3, -0.25) is 4.99 Å². The summed E-state index contributed by atoms with van der Waals surface area (Å²) in [5.41, 5.74) is -0.321. The Labute approximate surface area is 105 Å². The summed E-state index contributed by atoms with van der Waals surface area (Å²) in [6.07, 6.45) is -2.93. The number of aromatic nitrogens is 2. The maximum atomic E-state index is 12.4. The molecule has 1 aromatic heterocycles. The lowest BCUT2D eigenvalue weighted by Gasteiger charge is -2.06. The van der Waals surface area contributed by atoms with Gasteiger partial charge in [-0.15, -0.1) is 11.8 Å². The first-order valence-corrected chi connectivity index (χ1v) is 6.20. The Morgan fingerprint density at radius 3 is 2.56 bits per heavy atom. The van der Waals surface area contributed by atoms with Crippen LogP contribution in [0.5, 0.6) is 0 Å². The molecule has 8 heteroatoms. The summed E-state index contributed by atoms with van der Waals surface area (Å²) in [6, 6.07) is 1.75. The van der Waals surface area contributed by atoms with Gasteiger partial charge in [-0.05, 0) is 19.2 Å². The number of alkyl halides is 3. The molecule has 0 fully saturated rings. The Morgan fingerprint density at radius 2 is 2.00 bits per heavy atom. The molecular formula is C10H9F3N4S. The van der Waals surface area contributed by atoms with Gasteiger partial charge in [-0.25, -0.2) is 15.0 Å². The first kappa shape index (κ1) is 13.0. The van der Waals surface area contributed by atoms with E-state index in [4.69, 9.17) is 0 Å². The smallest absolute Gasteiger partial charge is 0.256 e. The van der Waals surface area contributed by atoms with Crippen LogP contribution in [0.3, 0.4) is 0 Å². The average Bonchev–Trinajstić information content (AvgIpc) is 2.77. The predicted molar refractivity (Wildman–Crippen MR) is 63.3 cm³/mol. The third-order valence-electron chi connectivity index (χ3n) is 2.18. The van der Waals surface area contributed by atoms with Crippen molar-refractivity contribution in [2.45, 2.75) is 24.3 Å². The van der Waals surface area contributed by atoms with E-state index in [0.29, 0.717) is 10.7 Å². The molecular weight excluding hydrogens is 265 g/mol. The van der Waals surface area contributed by atoms with Gasteiger partial charge in [-0.2, -0.15) is 13.2 Å². The Kier molecular flexibility index (Phi) is 3.38. The van der Waals surface area contributed by atoms with E-state index in [0.717, 1.165) is 6.21 Å². The van der Waals surface area contributed by atoms with E-state index in [1.165, 1.54) is 11.8 Å². The summed E-state index contributed by atoms with van der Waals surface area (Å²) in [5.74, 6) is 0.190. The zero-order valence-corrected chi connectivity index (χ0v) is 10.4. The second-order valence-electron chi connectivity index (χ2n) is 3.57. The van der Waals surface area contributed by atoms with Crippen molar-refractivity contribution in [3.05, 3.63) is 17.6 Å². The Hall–Kier alpha value is -1.44. The van der Waals surface area contributed by atoms with E-state index in [1.807, 2.05) is 6.26 Å². The van der Waals surface area contributed by atoms with Crippen LogP contribution in [0.2, 0.25) is 0 Å². The number of aliphatic imine (C=N–C) groups is 2. The summed E-state index contributed by atoms with van der Waals surface area (Å²) in [7, 11) is 0. The van der Waals surface area contributed by atoms with Crippen molar-refractivity contribution in [1.29, 1.82) is 0 Å². The van der Waals surface area contributed by atoms with Crippen molar-refractivity contribution in [2.24, 2.45) is 9.98 Å². The molecule has 4 nitrogen and oxygen atoms in total. The topological polar surface area (TPSA) is 50.5 Å². The first-order valence-electron chi connectivity index (χ1n) is 4.98. The third-order valence-corrected chi connectivity index (χ3v) is 2.81. The molecule has 1 aromatic rings. The summed E-state index contributed by atoms with van der Waals surface area (Å²) >= 11 is 1.39. The molecule has 18 heavy (non-hydrogen) atoms. The van der Waals surface area contributed by atoms with Crippen LogP contribution < -0.4 is 0 Å². The molecule has 1 aliphatic heterocycles. The van der Waals surface area contributed by atoms with Crippen molar-refractivity contribution >= 4 is 23.7 Å². The summed E-state index contributed by atoms with van der Waals surface area (Å²) < 4.78 is 37.2. The molecule has 1 aliphatic rings. The molecule has 0 aromatic carbocycles. The SMILES string of the molecule is CSc1cc(C)nc(C2N=CC(C(F)(F)F)=N2)n1. The summed E-state index contributed by atoms with van der Waals surface area (Å²) in [6.45, 7) is 1.75. The monoisotopic (exact) mass is 274 g/mol. The molecule has 0 aliphatic carbocycles. The fourth-order valence-electron chi connectivity index (χ4n) is 1.39. The van der Waals surface area contributed by atoms with Crippen LogP contribution in [0, 0.1) is 6.92 Å². The molecule has 0 N–H and O–H groups in total. The second kappa shape index (κ2) is 4.68. The van der Waals surface area contributed by atoms with Crippen LogP contribution in [-0.4, -0.2) is 34.3 Å². The molecule has 0 amide bonds. The lowest BCUT2D eigenvalue weighted by molar-refractivity contribution is -0.0564. The number of hydrogen-bond acceptors (Lipinski definition) is 5. The summed E-state index contributed by atoms with van der Waals surface area (Å²) in [5, 5.41) is 0.684. The van der Waals surface area contributed by atoms with Gasteiger partial charge in [0.05, 0.1) is 11.2 Å². The van der Waals surface area contributed by atoms with E-state index < -0.39 is 18.1 Å². The minimum atomic E-state index is -4.48. The van der Waals surface area contributed by atoms with Gasteiger partial charge in [0.2, 0.25) is 0 Å². The van der Waals surface area contributed by atoms with Gasteiger partial charge >= 0.3 is 6.18 Å². The number of nitrogens with zero attached hydrogens (tertiary/aromatic N) is 4. The number of rotatable bonds is 2. The lowest BCUT2D eigenvalue weighted by Crippen LogP contribution is -2.22. The first-order chi connectivity index (χ1) is 8.40. The van der Waals surface area contributed by atoms with E-state index >= 15 is 0 Å². The number of hydrogen-bond donors (Lipinski definition) is 0. The molecule has 0 bridgehead atoms. The van der Waals surface area contributed by atoms with Gasteiger partial charge in [0, 0.05) is 5.69 Å². The van der Waals surface area contributed by atoms with E-state index in [-0.39, 0.29) is 5.82 Å². The largest absolute Gasteiger partial charge is 0.434 e. The van der Waals surface area contributed by atoms with E-state index in [2.05, 4.69) is 20.0 Å². The molecule has 0 saturated carbocycles. The van der Waals surface area contributed by atoms with E-state index in [9.17, 15) is 13.2 Å². The summed E-state index contributed by atoms with van der Waals surface area (Å²) in [4.78, 5) is 15.4. The van der Waals surface area contributed by atoms with Gasteiger partial charge in [0.25, 0.3) is 0 Å². The minimum Gasteiger partial charge on any atom is -0.256 e. The van der Waals surface area contributed by atoms with Crippen LogP contribution >= 0.6 is 11.8 Å². The van der Waals surface area contributed by atoms with Crippen LogP contribution in [0.4, 0.5) is 13.2 Å². The van der Waals surface area contributed by atoms with Crippen LogP contribution in [0.25, 0.3) is 0 Å². The molecule has 0 saturated heterocycles. The molecule has 1 atom stereocenters. The molecule has 2 rings (SSSR count). The highest BCUT2D eigenvalue weighted by Crippen LogP contribution is 2.27. The fourth-order valence-corrected chi connectivity index (χ4v) is 1.87. The number of halogens is 3. The van der Waals surface area contributed by atoms with Gasteiger partial charge < -0.3 is 0 Å². The van der Waals surface area contributed by atoms with Crippen molar-refractivity contribution in [1.82, 2.24) is 9.97 Å². The van der Waals surface area contributed by atoms with Crippen LogP contribution in [-0.2, 0) is 0 Å². The van der Waals surface area contributed by atoms with Crippen LogP contribution in [0.1, 0.15) is 17.7 Å². The highest BCUT2D eigenvalue weighted by Gasteiger charge is 2.38. The second-order valence-corrected chi connectivity index (χ2v) is 4.40. The molecule has 0 radical (unpaired) electrons. The number of aryl methyl sites for hydroxylation is 1. The van der Waals surface area contributed by atoms with Crippen molar-refractivity contribution in [3.8, 4) is 0 Å². The molecule has 96 valence electrons. The minimum absolute atomic E-state index is 0.190. The van der Waals surface area contributed by atoms with Crippen molar-refractivity contribution < 1.29 is 13.2 Å². The Morgan fingerprint density at radius 1 is 1.28 bits per heavy atom. The number of thioether (sulfide) groups is 1. The maximum Gasteiger partial charge on any atom is 0.434 e. The fraction of sp³-hybridized carbons (Fsp3) is 0.400. The normalized spacial score (nSPS) is 19.2. The standard InChI is InChI=1S/C10H9F3N4S/c1-5-3-7(18-2)17-9(15-5)8-14-4-6(16-8)10(11,12)13/h3-4,8H,1-2H3. The van der Waals surface area contributed by atoms with Gasteiger partial charge in [0.15, 0.2) is 17.7 Å². The quantitative estimate of drug-likeness (QED) is 0.615. The van der Waals surface area contributed by atoms with Crippen molar-refractivity contribution in [2.75, 3.05) is 6.26 Å². The van der Waals surface area contributed by atoms with Crippen molar-refractivity contribution in [3.63, 3.8) is 0 Å². The Bertz CT molecular complexity index is 524. The highest BCUT2D eigenvalue weighted by molar-refractivity contribution is 7.98. The Balaban J connectivity index is 2.32. The van der Waals surface area contributed by atoms with Gasteiger partial charge in [0.1, 0.15) is 0 Å². The van der Waals surface area contributed by atoms with Gasteiger partial charge in [-0.1, -0.05) is 0 Å². The zero-order chi connectivity index (χ0) is 13.3. The molecule has 2 heterocycles. The lowest BCUT2D eigenvalue weighted by atomic mass is 10.4. The molecule has 1 unspecified atom stereocenters. The molecule has 0 spiro atoms. The predicted octanol–water partition coefficient (Wildman–Crippen LogP) is 2.59. The zero-order valence-electron chi connectivity index (χ0n) is 9.56. The van der Waals surface area contributed by atoms with E-state index in [1.54, 1.807) is 13.0 Å². The average molecular weight is 274 g/mol. The maximum absolute atomic E-state index is 12.4. The third kappa shape index (κ3) is 2.69. The highest BCUT2D eigenvalue weighted by atomic mass is 32.2. The van der Waals surface area contributed by atoms with Crippen LogP contribution in [0.15, 0.2) is 21.1 Å².